The minimum absolute atomic E-state index is 0.254. The van der Waals surface area contributed by atoms with Crippen molar-refractivity contribution in [1.29, 1.82) is 5.26 Å². The summed E-state index contributed by atoms with van der Waals surface area (Å²) in [5.41, 5.74) is 1.77. The lowest BCUT2D eigenvalue weighted by molar-refractivity contribution is 0.238. The molecule has 0 saturated carbocycles. The molecule has 84 valence electrons. The Morgan fingerprint density at radius 1 is 1.56 bits per heavy atom. The van der Waals surface area contributed by atoms with Crippen molar-refractivity contribution in [1.82, 2.24) is 0 Å². The molecule has 0 radical (unpaired) electrons. The van der Waals surface area contributed by atoms with Crippen molar-refractivity contribution >= 4 is 21.6 Å². The Morgan fingerprint density at radius 2 is 2.38 bits per heavy atom. The maximum Gasteiger partial charge on any atom is 0.0992 e. The van der Waals surface area contributed by atoms with E-state index in [1.54, 1.807) is 0 Å². The predicted molar refractivity (Wildman–Crippen MR) is 66.3 cm³/mol. The van der Waals surface area contributed by atoms with Crippen molar-refractivity contribution in [2.75, 3.05) is 24.6 Å². The van der Waals surface area contributed by atoms with Gasteiger partial charge in [-0.15, -0.1) is 0 Å². The van der Waals surface area contributed by atoms with Gasteiger partial charge in [0, 0.05) is 30.1 Å². The van der Waals surface area contributed by atoms with Gasteiger partial charge in [0.1, 0.15) is 0 Å². The van der Waals surface area contributed by atoms with Crippen LogP contribution < -0.4 is 4.90 Å². The molecule has 1 fully saturated rings. The van der Waals surface area contributed by atoms with Crippen LogP contribution in [0.3, 0.4) is 0 Å². The molecule has 0 aromatic heterocycles. The molecular weight excluding hydrogens is 268 g/mol. The van der Waals surface area contributed by atoms with Crippen LogP contribution in [0.1, 0.15) is 12.0 Å². The van der Waals surface area contributed by atoms with Crippen LogP contribution in [0.5, 0.6) is 0 Å². The first-order chi connectivity index (χ1) is 7.74. The summed E-state index contributed by atoms with van der Waals surface area (Å²) < 4.78 is 0.949. The molecular formula is C12H13BrN2O. The molecule has 1 aromatic carbocycles. The Bertz CT molecular complexity index is 428. The average molecular weight is 281 g/mol. The Morgan fingerprint density at radius 3 is 2.94 bits per heavy atom. The monoisotopic (exact) mass is 280 g/mol. The highest BCUT2D eigenvalue weighted by Crippen LogP contribution is 2.31. The Balaban J connectivity index is 2.19. The van der Waals surface area contributed by atoms with Crippen molar-refractivity contribution in [2.24, 2.45) is 5.92 Å². The molecule has 1 unspecified atom stereocenters. The molecule has 16 heavy (non-hydrogen) atoms. The summed E-state index contributed by atoms with van der Waals surface area (Å²) in [6.07, 6.45) is 1.03. The second-order valence-electron chi connectivity index (χ2n) is 4.06. The molecule has 1 aromatic rings. The highest BCUT2D eigenvalue weighted by Gasteiger charge is 2.23. The topological polar surface area (TPSA) is 47.3 Å². The summed E-state index contributed by atoms with van der Waals surface area (Å²) in [4.78, 5) is 2.24. The van der Waals surface area contributed by atoms with E-state index in [-0.39, 0.29) is 6.61 Å². The van der Waals surface area contributed by atoms with Crippen molar-refractivity contribution < 1.29 is 5.11 Å². The number of hydrogen-bond acceptors (Lipinski definition) is 3. The quantitative estimate of drug-likeness (QED) is 0.903. The lowest BCUT2D eigenvalue weighted by atomic mass is 10.1. The number of anilines is 1. The molecule has 1 aliphatic heterocycles. The van der Waals surface area contributed by atoms with Crippen LogP contribution in [0.2, 0.25) is 0 Å². The fraction of sp³-hybridized carbons (Fsp3) is 0.417. The summed E-state index contributed by atoms with van der Waals surface area (Å²) in [6, 6.07) is 7.74. The molecule has 0 spiro atoms. The van der Waals surface area contributed by atoms with Crippen LogP contribution in [0, 0.1) is 17.2 Å². The van der Waals surface area contributed by atoms with Crippen molar-refractivity contribution in [3.8, 4) is 6.07 Å². The van der Waals surface area contributed by atoms with Crippen LogP contribution >= 0.6 is 15.9 Å². The van der Waals surface area contributed by atoms with Gasteiger partial charge < -0.3 is 10.0 Å². The van der Waals surface area contributed by atoms with Gasteiger partial charge in [0.05, 0.1) is 17.3 Å². The van der Waals surface area contributed by atoms with E-state index < -0.39 is 0 Å². The lowest BCUT2D eigenvalue weighted by Crippen LogP contribution is -2.20. The fourth-order valence-corrected chi connectivity index (χ4v) is 2.66. The highest BCUT2D eigenvalue weighted by atomic mass is 79.9. The number of nitriles is 1. The van der Waals surface area contributed by atoms with Gasteiger partial charge in [0.2, 0.25) is 0 Å². The standard InChI is InChI=1S/C12H13BrN2O/c13-11-5-9(6-14)1-2-12(11)15-4-3-10(7-15)8-16/h1-2,5,10,16H,3-4,7-8H2. The molecule has 1 saturated heterocycles. The third-order valence-electron chi connectivity index (χ3n) is 2.96. The molecule has 0 bridgehead atoms. The van der Waals surface area contributed by atoms with Crippen molar-refractivity contribution in [2.45, 2.75) is 6.42 Å². The van der Waals surface area contributed by atoms with Crippen LogP contribution in [-0.2, 0) is 0 Å². The molecule has 1 heterocycles. The molecule has 4 heteroatoms. The molecule has 0 aliphatic carbocycles. The van der Waals surface area contributed by atoms with E-state index >= 15 is 0 Å². The van der Waals surface area contributed by atoms with Gasteiger partial charge in [0.15, 0.2) is 0 Å². The summed E-state index contributed by atoms with van der Waals surface area (Å²) in [5, 5.41) is 17.9. The summed E-state index contributed by atoms with van der Waals surface area (Å²) >= 11 is 3.48. The summed E-state index contributed by atoms with van der Waals surface area (Å²) in [7, 11) is 0. The van der Waals surface area contributed by atoms with Crippen molar-refractivity contribution in [3.05, 3.63) is 28.2 Å². The van der Waals surface area contributed by atoms with E-state index in [0.29, 0.717) is 11.5 Å². The zero-order valence-electron chi connectivity index (χ0n) is 8.86. The van der Waals surface area contributed by atoms with Gasteiger partial charge >= 0.3 is 0 Å². The Kier molecular flexibility index (Phi) is 3.47. The second kappa shape index (κ2) is 4.86. The zero-order chi connectivity index (χ0) is 11.5. The first kappa shape index (κ1) is 11.4. The number of aliphatic hydroxyl groups excluding tert-OH is 1. The van der Waals surface area contributed by atoms with Gasteiger partial charge in [-0.05, 0) is 40.5 Å². The van der Waals surface area contributed by atoms with Gasteiger partial charge in [-0.2, -0.15) is 5.26 Å². The number of benzene rings is 1. The lowest BCUT2D eigenvalue weighted by Gasteiger charge is -2.20. The number of halogens is 1. The fourth-order valence-electron chi connectivity index (χ4n) is 2.03. The van der Waals surface area contributed by atoms with Crippen LogP contribution in [0.25, 0.3) is 0 Å². The minimum atomic E-state index is 0.254. The van der Waals surface area contributed by atoms with E-state index in [0.717, 1.165) is 29.7 Å². The Labute approximate surface area is 103 Å². The van der Waals surface area contributed by atoms with E-state index in [1.165, 1.54) is 0 Å². The Hall–Kier alpha value is -1.05. The molecule has 2 rings (SSSR count). The molecule has 3 nitrogen and oxygen atoms in total. The van der Waals surface area contributed by atoms with Crippen LogP contribution in [0.15, 0.2) is 22.7 Å². The number of nitrogens with zero attached hydrogens (tertiary/aromatic N) is 2. The molecule has 1 atom stereocenters. The highest BCUT2D eigenvalue weighted by molar-refractivity contribution is 9.10. The van der Waals surface area contributed by atoms with Crippen molar-refractivity contribution in [3.63, 3.8) is 0 Å². The van der Waals surface area contributed by atoms with Crippen LogP contribution in [-0.4, -0.2) is 24.8 Å². The minimum Gasteiger partial charge on any atom is -0.396 e. The maximum atomic E-state index is 9.10. The average Bonchev–Trinajstić information content (AvgIpc) is 2.77. The van der Waals surface area contributed by atoms with Gasteiger partial charge in [-0.1, -0.05) is 0 Å². The van der Waals surface area contributed by atoms with E-state index in [2.05, 4.69) is 26.9 Å². The largest absolute Gasteiger partial charge is 0.396 e. The summed E-state index contributed by atoms with van der Waals surface area (Å²) in [6.45, 7) is 2.11. The molecule has 1 aliphatic rings. The SMILES string of the molecule is N#Cc1ccc(N2CCC(CO)C2)c(Br)c1. The zero-order valence-corrected chi connectivity index (χ0v) is 10.4. The van der Waals surface area contributed by atoms with E-state index in [1.807, 2.05) is 18.2 Å². The van der Waals surface area contributed by atoms with Crippen LogP contribution in [0.4, 0.5) is 5.69 Å². The molecule has 0 amide bonds. The predicted octanol–water partition coefficient (Wildman–Crippen LogP) is 2.14. The number of rotatable bonds is 2. The third-order valence-corrected chi connectivity index (χ3v) is 3.60. The number of aliphatic hydroxyl groups is 1. The van der Waals surface area contributed by atoms with E-state index in [9.17, 15) is 0 Å². The number of hydrogen-bond donors (Lipinski definition) is 1. The van der Waals surface area contributed by atoms with Gasteiger partial charge in [-0.3, -0.25) is 0 Å². The van der Waals surface area contributed by atoms with Gasteiger partial charge in [0.25, 0.3) is 0 Å². The summed E-state index contributed by atoms with van der Waals surface area (Å²) in [5.74, 6) is 0.377. The maximum absolute atomic E-state index is 9.10. The second-order valence-corrected chi connectivity index (χ2v) is 4.92. The normalized spacial score (nSPS) is 19.8. The first-order valence-corrected chi connectivity index (χ1v) is 6.09. The van der Waals surface area contributed by atoms with Gasteiger partial charge in [-0.25, -0.2) is 0 Å². The third kappa shape index (κ3) is 2.21. The molecule has 1 N–H and O–H groups in total. The first-order valence-electron chi connectivity index (χ1n) is 5.30. The van der Waals surface area contributed by atoms with E-state index in [4.69, 9.17) is 10.4 Å². The smallest absolute Gasteiger partial charge is 0.0992 e.